The second-order valence-corrected chi connectivity index (χ2v) is 8.19. The Kier molecular flexibility index (Phi) is 6.69. The lowest BCUT2D eigenvalue weighted by Crippen LogP contribution is -2.17. The SMILES string of the molecule is CN(C)C(=O)Sc1ccc(NC(=O)c2ccccc2NC(=O)c2cccs2)cc1. The van der Waals surface area contributed by atoms with Crippen molar-refractivity contribution in [1.82, 2.24) is 4.90 Å². The van der Waals surface area contributed by atoms with Crippen molar-refractivity contribution in [2.75, 3.05) is 24.7 Å². The average Bonchev–Trinajstić information content (AvgIpc) is 3.25. The molecule has 1 heterocycles. The summed E-state index contributed by atoms with van der Waals surface area (Å²) in [6.45, 7) is 0. The molecule has 8 heteroatoms. The highest BCUT2D eigenvalue weighted by molar-refractivity contribution is 8.13. The molecule has 0 atom stereocenters. The molecule has 0 radical (unpaired) electrons. The normalized spacial score (nSPS) is 10.3. The first kappa shape index (κ1) is 20.6. The molecular weight excluding hydrogens is 406 g/mol. The zero-order chi connectivity index (χ0) is 20.8. The summed E-state index contributed by atoms with van der Waals surface area (Å²) in [4.78, 5) is 39.7. The molecule has 29 heavy (non-hydrogen) atoms. The van der Waals surface area contributed by atoms with Crippen molar-refractivity contribution in [3.05, 3.63) is 76.5 Å². The third-order valence-electron chi connectivity index (χ3n) is 3.85. The van der Waals surface area contributed by atoms with Gasteiger partial charge in [-0.25, -0.2) is 0 Å². The van der Waals surface area contributed by atoms with E-state index in [4.69, 9.17) is 0 Å². The number of hydrogen-bond donors (Lipinski definition) is 2. The van der Waals surface area contributed by atoms with Gasteiger partial charge in [-0.3, -0.25) is 14.4 Å². The average molecular weight is 426 g/mol. The highest BCUT2D eigenvalue weighted by atomic mass is 32.2. The van der Waals surface area contributed by atoms with Gasteiger partial charge in [-0.1, -0.05) is 18.2 Å². The standard InChI is InChI=1S/C21H19N3O3S2/c1-24(2)21(27)29-15-11-9-14(10-12-15)22-19(25)16-6-3-4-7-17(16)23-20(26)18-8-5-13-28-18/h3-13H,1-2H3,(H,22,25)(H,23,26). The van der Waals surface area contributed by atoms with E-state index in [2.05, 4.69) is 10.6 Å². The van der Waals surface area contributed by atoms with Crippen LogP contribution in [0.4, 0.5) is 16.2 Å². The van der Waals surface area contributed by atoms with Crippen molar-refractivity contribution < 1.29 is 14.4 Å². The smallest absolute Gasteiger partial charge is 0.285 e. The molecule has 3 amide bonds. The van der Waals surface area contributed by atoms with Crippen LogP contribution in [0, 0.1) is 0 Å². The lowest BCUT2D eigenvalue weighted by molar-refractivity contribution is 0.102. The maximum atomic E-state index is 12.7. The summed E-state index contributed by atoms with van der Waals surface area (Å²) in [5, 5.41) is 7.35. The van der Waals surface area contributed by atoms with Crippen LogP contribution in [0.25, 0.3) is 0 Å². The molecule has 0 saturated carbocycles. The van der Waals surface area contributed by atoms with Gasteiger partial charge in [-0.15, -0.1) is 11.3 Å². The summed E-state index contributed by atoms with van der Waals surface area (Å²) in [6.07, 6.45) is 0. The van der Waals surface area contributed by atoms with Gasteiger partial charge in [0.05, 0.1) is 16.1 Å². The lowest BCUT2D eigenvalue weighted by atomic mass is 10.1. The maximum Gasteiger partial charge on any atom is 0.285 e. The fourth-order valence-electron chi connectivity index (χ4n) is 2.38. The summed E-state index contributed by atoms with van der Waals surface area (Å²) in [5.74, 6) is -0.593. The number of hydrogen-bond acceptors (Lipinski definition) is 5. The van der Waals surface area contributed by atoms with E-state index in [0.717, 1.165) is 16.7 Å². The fraction of sp³-hybridized carbons (Fsp3) is 0.0952. The van der Waals surface area contributed by atoms with Crippen LogP contribution < -0.4 is 10.6 Å². The van der Waals surface area contributed by atoms with Crippen molar-refractivity contribution >= 4 is 51.5 Å². The third-order valence-corrected chi connectivity index (χ3v) is 5.76. The number of benzene rings is 2. The Bertz CT molecular complexity index is 1020. The van der Waals surface area contributed by atoms with Crippen LogP contribution in [0.1, 0.15) is 20.0 Å². The quantitative estimate of drug-likeness (QED) is 0.562. The molecule has 0 bridgehead atoms. The number of anilines is 2. The largest absolute Gasteiger partial charge is 0.339 e. The molecule has 0 aliphatic carbocycles. The van der Waals surface area contributed by atoms with Crippen LogP contribution in [0.3, 0.4) is 0 Å². The van der Waals surface area contributed by atoms with E-state index in [9.17, 15) is 14.4 Å². The molecule has 0 spiro atoms. The Morgan fingerprint density at radius 1 is 0.862 bits per heavy atom. The molecule has 1 aromatic heterocycles. The number of carbonyl (C=O) groups is 3. The fourth-order valence-corrected chi connectivity index (χ4v) is 3.65. The number of nitrogens with one attached hydrogen (secondary N) is 2. The number of carbonyl (C=O) groups excluding carboxylic acids is 3. The number of rotatable bonds is 5. The van der Waals surface area contributed by atoms with Gasteiger partial charge in [0.15, 0.2) is 0 Å². The first-order valence-corrected chi connectivity index (χ1v) is 10.4. The van der Waals surface area contributed by atoms with Crippen molar-refractivity contribution in [2.24, 2.45) is 0 Å². The van der Waals surface area contributed by atoms with Crippen LogP contribution >= 0.6 is 23.1 Å². The Morgan fingerprint density at radius 3 is 2.24 bits per heavy atom. The number of amides is 3. The Balaban J connectivity index is 1.69. The van der Waals surface area contributed by atoms with E-state index < -0.39 is 0 Å². The van der Waals surface area contributed by atoms with E-state index in [1.807, 2.05) is 5.38 Å². The van der Waals surface area contributed by atoms with Crippen molar-refractivity contribution in [1.29, 1.82) is 0 Å². The predicted molar refractivity (Wildman–Crippen MR) is 118 cm³/mol. The minimum Gasteiger partial charge on any atom is -0.339 e. The minimum atomic E-state index is -0.336. The molecular formula is C21H19N3O3S2. The van der Waals surface area contributed by atoms with Gasteiger partial charge >= 0.3 is 0 Å². The molecule has 0 saturated heterocycles. The highest BCUT2D eigenvalue weighted by Gasteiger charge is 2.15. The first-order chi connectivity index (χ1) is 13.9. The molecule has 3 aromatic rings. The van der Waals surface area contributed by atoms with Gasteiger partial charge in [-0.05, 0) is 59.6 Å². The van der Waals surface area contributed by atoms with Crippen molar-refractivity contribution in [2.45, 2.75) is 4.90 Å². The van der Waals surface area contributed by atoms with Gasteiger partial charge in [0.1, 0.15) is 0 Å². The predicted octanol–water partition coefficient (Wildman–Crippen LogP) is 5.03. The molecule has 3 rings (SSSR count). The van der Waals surface area contributed by atoms with E-state index in [0.29, 0.717) is 21.8 Å². The summed E-state index contributed by atoms with van der Waals surface area (Å²) < 4.78 is 0. The van der Waals surface area contributed by atoms with Gasteiger partial charge in [-0.2, -0.15) is 0 Å². The summed E-state index contributed by atoms with van der Waals surface area (Å²) in [5.41, 5.74) is 1.39. The summed E-state index contributed by atoms with van der Waals surface area (Å²) in [7, 11) is 3.39. The van der Waals surface area contributed by atoms with Crippen LogP contribution in [0.15, 0.2) is 70.9 Å². The van der Waals surface area contributed by atoms with Gasteiger partial charge in [0.2, 0.25) is 0 Å². The highest BCUT2D eigenvalue weighted by Crippen LogP contribution is 2.24. The van der Waals surface area contributed by atoms with Crippen LogP contribution in [0.2, 0.25) is 0 Å². The molecule has 0 unspecified atom stereocenters. The zero-order valence-corrected chi connectivity index (χ0v) is 17.5. The second-order valence-electron chi connectivity index (χ2n) is 6.22. The van der Waals surface area contributed by atoms with E-state index in [1.54, 1.807) is 74.8 Å². The number of thiophene rings is 1. The molecule has 0 aliphatic rings. The van der Waals surface area contributed by atoms with Crippen LogP contribution in [-0.4, -0.2) is 36.0 Å². The molecule has 6 nitrogen and oxygen atoms in total. The maximum absolute atomic E-state index is 12.7. The van der Waals surface area contributed by atoms with E-state index >= 15 is 0 Å². The molecule has 0 fully saturated rings. The van der Waals surface area contributed by atoms with E-state index in [-0.39, 0.29) is 17.1 Å². The molecule has 148 valence electrons. The number of thioether (sulfide) groups is 1. The Morgan fingerprint density at radius 2 is 1.59 bits per heavy atom. The van der Waals surface area contributed by atoms with Crippen molar-refractivity contribution in [3.63, 3.8) is 0 Å². The lowest BCUT2D eigenvalue weighted by Gasteiger charge is -2.12. The van der Waals surface area contributed by atoms with E-state index in [1.165, 1.54) is 16.2 Å². The third kappa shape index (κ3) is 5.46. The number of para-hydroxylation sites is 1. The zero-order valence-electron chi connectivity index (χ0n) is 15.8. The van der Waals surface area contributed by atoms with Crippen LogP contribution in [0.5, 0.6) is 0 Å². The van der Waals surface area contributed by atoms with Crippen LogP contribution in [-0.2, 0) is 0 Å². The minimum absolute atomic E-state index is 0.0720. The molecule has 2 N–H and O–H groups in total. The Labute approximate surface area is 176 Å². The van der Waals surface area contributed by atoms with Crippen molar-refractivity contribution in [3.8, 4) is 0 Å². The molecule has 0 aliphatic heterocycles. The van der Waals surface area contributed by atoms with Gasteiger partial charge < -0.3 is 15.5 Å². The number of nitrogens with zero attached hydrogens (tertiary/aromatic N) is 1. The van der Waals surface area contributed by atoms with Gasteiger partial charge in [0.25, 0.3) is 17.1 Å². The summed E-state index contributed by atoms with van der Waals surface area (Å²) in [6, 6.07) is 17.4. The second kappa shape index (κ2) is 9.40. The first-order valence-electron chi connectivity index (χ1n) is 8.68. The summed E-state index contributed by atoms with van der Waals surface area (Å²) >= 11 is 2.44. The Hall–Kier alpha value is -3.10. The topological polar surface area (TPSA) is 78.5 Å². The van der Waals surface area contributed by atoms with Gasteiger partial charge in [0, 0.05) is 24.7 Å². The molecule has 2 aromatic carbocycles. The monoisotopic (exact) mass is 425 g/mol.